The van der Waals surface area contributed by atoms with E-state index in [0.717, 1.165) is 36.7 Å². The third kappa shape index (κ3) is 4.44. The summed E-state index contributed by atoms with van der Waals surface area (Å²) < 4.78 is 44.9. The van der Waals surface area contributed by atoms with Crippen molar-refractivity contribution in [1.82, 2.24) is 19.7 Å². The van der Waals surface area contributed by atoms with Gasteiger partial charge in [0.25, 0.3) is 5.91 Å². The van der Waals surface area contributed by atoms with Crippen LogP contribution in [0.15, 0.2) is 42.7 Å². The van der Waals surface area contributed by atoms with Crippen molar-refractivity contribution in [2.75, 3.05) is 4.90 Å². The van der Waals surface area contributed by atoms with Gasteiger partial charge < -0.3 is 14.6 Å². The molecule has 1 aromatic heterocycles. The monoisotopic (exact) mass is 581 g/mol. The average molecular weight is 582 g/mol. The van der Waals surface area contributed by atoms with Crippen molar-refractivity contribution in [3.63, 3.8) is 0 Å². The number of aryl methyl sites for hydroxylation is 1. The van der Waals surface area contributed by atoms with Crippen molar-refractivity contribution in [2.24, 2.45) is 12.5 Å². The normalized spacial score (nSPS) is 20.1. The molecule has 6 rings (SSSR count). The summed E-state index contributed by atoms with van der Waals surface area (Å²) in [5.41, 5.74) is -0.434. The molecule has 0 unspecified atom stereocenters. The van der Waals surface area contributed by atoms with Crippen LogP contribution >= 0.6 is 0 Å². The van der Waals surface area contributed by atoms with Crippen LogP contribution in [0.4, 0.5) is 23.7 Å². The molecule has 2 aliphatic carbocycles. The maximum atomic E-state index is 14.4. The highest BCUT2D eigenvalue weighted by Crippen LogP contribution is 2.58. The fraction of sp³-hybridized carbons (Fsp3) is 0.484. The van der Waals surface area contributed by atoms with Crippen molar-refractivity contribution in [1.29, 1.82) is 0 Å². The second kappa shape index (κ2) is 9.31. The fourth-order valence-corrected chi connectivity index (χ4v) is 7.41. The number of benzene rings is 2. The average Bonchev–Trinajstić information content (AvgIpc) is 3.46. The van der Waals surface area contributed by atoms with E-state index in [2.05, 4.69) is 24.0 Å². The Kier molecular flexibility index (Phi) is 6.26. The SMILES string of the molecule is Cn1cnnc1C1(c2cccc(N3Cc4c(cc(CN(C(=O)O)C5(C)CCC5)cc4C(F)(F)F)C3=O)c2)CC(C)(C)C1. The number of hydrogen-bond acceptors (Lipinski definition) is 4. The van der Waals surface area contributed by atoms with E-state index in [1.165, 1.54) is 15.9 Å². The molecule has 1 N–H and O–H groups in total. The van der Waals surface area contributed by atoms with Crippen molar-refractivity contribution >= 4 is 17.7 Å². The van der Waals surface area contributed by atoms with Gasteiger partial charge in [0.15, 0.2) is 0 Å². The third-order valence-electron chi connectivity index (χ3n) is 9.47. The van der Waals surface area contributed by atoms with Crippen LogP contribution in [0.3, 0.4) is 0 Å². The highest BCUT2D eigenvalue weighted by Gasteiger charge is 2.54. The van der Waals surface area contributed by atoms with Crippen LogP contribution in [0.25, 0.3) is 0 Å². The summed E-state index contributed by atoms with van der Waals surface area (Å²) in [6, 6.07) is 9.85. The molecule has 0 atom stereocenters. The topological polar surface area (TPSA) is 91.6 Å². The van der Waals surface area contributed by atoms with E-state index in [-0.39, 0.29) is 35.2 Å². The number of carbonyl (C=O) groups excluding carboxylic acids is 1. The lowest BCUT2D eigenvalue weighted by atomic mass is 9.51. The van der Waals surface area contributed by atoms with Gasteiger partial charge in [-0.05, 0) is 85.4 Å². The lowest BCUT2D eigenvalue weighted by molar-refractivity contribution is -0.138. The van der Waals surface area contributed by atoms with Gasteiger partial charge in [0.2, 0.25) is 0 Å². The Morgan fingerprint density at radius 1 is 1.12 bits per heavy atom. The smallest absolute Gasteiger partial charge is 0.416 e. The number of halogens is 3. The summed E-state index contributed by atoms with van der Waals surface area (Å²) in [4.78, 5) is 28.4. The summed E-state index contributed by atoms with van der Waals surface area (Å²) in [5, 5.41) is 18.3. The molecule has 222 valence electrons. The molecule has 2 fully saturated rings. The largest absolute Gasteiger partial charge is 0.465 e. The van der Waals surface area contributed by atoms with Gasteiger partial charge in [-0.2, -0.15) is 13.2 Å². The predicted octanol–water partition coefficient (Wildman–Crippen LogP) is 6.52. The van der Waals surface area contributed by atoms with Crippen LogP contribution in [0.5, 0.6) is 0 Å². The van der Waals surface area contributed by atoms with E-state index >= 15 is 0 Å². The van der Waals surface area contributed by atoms with Gasteiger partial charge in [-0.1, -0.05) is 26.0 Å². The van der Waals surface area contributed by atoms with Crippen LogP contribution in [0.1, 0.15) is 91.3 Å². The maximum Gasteiger partial charge on any atom is 0.416 e. The number of aromatic nitrogens is 3. The van der Waals surface area contributed by atoms with Gasteiger partial charge in [-0.15, -0.1) is 10.2 Å². The number of rotatable bonds is 6. The van der Waals surface area contributed by atoms with Crippen LogP contribution in [-0.2, 0) is 31.7 Å². The summed E-state index contributed by atoms with van der Waals surface area (Å²) in [7, 11) is 1.89. The molecule has 2 aromatic carbocycles. The van der Waals surface area contributed by atoms with Crippen molar-refractivity contribution in [3.8, 4) is 0 Å². The van der Waals surface area contributed by atoms with E-state index in [1.807, 2.05) is 29.8 Å². The number of hydrogen-bond donors (Lipinski definition) is 1. The van der Waals surface area contributed by atoms with E-state index in [1.54, 1.807) is 19.3 Å². The molecule has 1 aliphatic heterocycles. The van der Waals surface area contributed by atoms with Crippen molar-refractivity contribution in [2.45, 2.75) is 83.1 Å². The first-order valence-electron chi connectivity index (χ1n) is 14.1. The van der Waals surface area contributed by atoms with Crippen LogP contribution in [0.2, 0.25) is 0 Å². The molecular weight excluding hydrogens is 547 g/mol. The maximum absolute atomic E-state index is 14.4. The molecule has 2 saturated carbocycles. The van der Waals surface area contributed by atoms with Gasteiger partial charge in [0.05, 0.1) is 17.5 Å². The quantitative estimate of drug-likeness (QED) is 0.358. The fourth-order valence-electron chi connectivity index (χ4n) is 7.41. The molecule has 2 amide bonds. The van der Waals surface area contributed by atoms with Crippen molar-refractivity contribution in [3.05, 3.63) is 76.4 Å². The van der Waals surface area contributed by atoms with Gasteiger partial charge in [-0.3, -0.25) is 9.69 Å². The molecule has 2 heterocycles. The minimum atomic E-state index is -4.71. The number of nitrogens with zero attached hydrogens (tertiary/aromatic N) is 5. The first-order chi connectivity index (χ1) is 19.6. The van der Waals surface area contributed by atoms with Crippen LogP contribution < -0.4 is 4.90 Å². The molecule has 0 spiro atoms. The third-order valence-corrected chi connectivity index (χ3v) is 9.47. The molecule has 11 heteroatoms. The zero-order valence-electron chi connectivity index (χ0n) is 24.1. The van der Waals surface area contributed by atoms with Gasteiger partial charge in [0, 0.05) is 30.4 Å². The van der Waals surface area contributed by atoms with E-state index in [4.69, 9.17) is 0 Å². The predicted molar refractivity (Wildman–Crippen MR) is 149 cm³/mol. The molecule has 8 nitrogen and oxygen atoms in total. The number of amides is 2. The van der Waals surface area contributed by atoms with Gasteiger partial charge >= 0.3 is 12.3 Å². The van der Waals surface area contributed by atoms with E-state index in [9.17, 15) is 27.9 Å². The number of carbonyl (C=O) groups is 2. The summed E-state index contributed by atoms with van der Waals surface area (Å²) in [6.07, 6.45) is -0.472. The Morgan fingerprint density at radius 2 is 1.83 bits per heavy atom. The highest BCUT2D eigenvalue weighted by atomic mass is 19.4. The second-order valence-corrected chi connectivity index (χ2v) is 13.2. The number of alkyl halides is 3. The van der Waals surface area contributed by atoms with Crippen LogP contribution in [-0.4, -0.2) is 42.3 Å². The molecule has 42 heavy (non-hydrogen) atoms. The zero-order valence-corrected chi connectivity index (χ0v) is 24.1. The lowest BCUT2D eigenvalue weighted by Crippen LogP contribution is -2.53. The summed E-state index contributed by atoms with van der Waals surface area (Å²) in [6.45, 7) is 5.72. The Bertz CT molecular complexity index is 1580. The molecule has 0 bridgehead atoms. The van der Waals surface area contributed by atoms with E-state index in [0.29, 0.717) is 18.5 Å². The number of carboxylic acid groups (broad SMARTS) is 1. The van der Waals surface area contributed by atoms with E-state index < -0.39 is 34.7 Å². The zero-order chi connectivity index (χ0) is 30.2. The Hall–Kier alpha value is -3.89. The first-order valence-corrected chi connectivity index (χ1v) is 14.1. The second-order valence-electron chi connectivity index (χ2n) is 13.2. The van der Waals surface area contributed by atoms with Crippen LogP contribution in [0, 0.1) is 5.41 Å². The lowest BCUT2D eigenvalue weighted by Gasteiger charge is -2.53. The van der Waals surface area contributed by atoms with Gasteiger partial charge in [0.1, 0.15) is 12.2 Å². The molecule has 3 aromatic rings. The summed E-state index contributed by atoms with van der Waals surface area (Å²) in [5.74, 6) is 0.273. The number of anilines is 1. The first kappa shape index (κ1) is 28.2. The Balaban J connectivity index is 1.37. The Labute approximate surface area is 242 Å². The van der Waals surface area contributed by atoms with Crippen molar-refractivity contribution < 1.29 is 27.9 Å². The molecule has 0 saturated heterocycles. The number of fused-ring (bicyclic) bond motifs is 1. The molecule has 3 aliphatic rings. The summed E-state index contributed by atoms with van der Waals surface area (Å²) >= 11 is 0. The standard InChI is InChI=1S/C31H34F3N5O3/c1-28(2)16-30(17-28,26-36-35-18-37(26)4)20-7-5-8-21(13-20)38-15-23-22(25(38)40)11-19(12-24(23)31(32,33)34)14-39(27(41)42)29(3)9-6-10-29/h5,7-8,11-13,18H,6,9-10,14-17H2,1-4H3,(H,41,42). The van der Waals surface area contributed by atoms with Gasteiger partial charge in [-0.25, -0.2) is 4.79 Å². The Morgan fingerprint density at radius 3 is 2.38 bits per heavy atom. The molecule has 0 radical (unpaired) electrons. The minimum absolute atomic E-state index is 0.0397. The highest BCUT2D eigenvalue weighted by molar-refractivity contribution is 6.10. The minimum Gasteiger partial charge on any atom is -0.465 e. The molecular formula is C31H34F3N5O3.